The van der Waals surface area contributed by atoms with Crippen molar-refractivity contribution >= 4 is 10.0 Å². The van der Waals surface area contributed by atoms with Crippen LogP contribution in [0.4, 0.5) is 0 Å². The molecule has 2 N–H and O–H groups in total. The Morgan fingerprint density at radius 2 is 2.33 bits per heavy atom. The fourth-order valence-corrected chi connectivity index (χ4v) is 2.79. The van der Waals surface area contributed by atoms with Crippen LogP contribution in [0.2, 0.25) is 0 Å². The first-order chi connectivity index (χ1) is 7.04. The van der Waals surface area contributed by atoms with Crippen LogP contribution in [0.15, 0.2) is 12.7 Å². The summed E-state index contributed by atoms with van der Waals surface area (Å²) in [5.74, 6) is 0. The Hall–Kier alpha value is -0.390. The summed E-state index contributed by atoms with van der Waals surface area (Å²) in [6.07, 6.45) is 5.48. The number of allylic oxidation sites excluding steroid dienone is 1. The first-order valence-electron chi connectivity index (χ1n) is 5.28. The normalized spacial score (nSPS) is 23.9. The molecule has 2 atom stereocenters. The molecule has 1 saturated heterocycles. The van der Waals surface area contributed by atoms with Crippen molar-refractivity contribution in [3.63, 3.8) is 0 Å². The zero-order chi connectivity index (χ0) is 11.3. The molecule has 1 heterocycles. The van der Waals surface area contributed by atoms with Crippen LogP contribution >= 0.6 is 0 Å². The highest BCUT2D eigenvalue weighted by atomic mass is 32.2. The molecule has 0 spiro atoms. The van der Waals surface area contributed by atoms with Crippen LogP contribution in [0.3, 0.4) is 0 Å². The minimum absolute atomic E-state index is 0.0677. The van der Waals surface area contributed by atoms with Gasteiger partial charge in [-0.15, -0.1) is 6.58 Å². The van der Waals surface area contributed by atoms with Gasteiger partial charge in [-0.3, -0.25) is 0 Å². The lowest BCUT2D eigenvalue weighted by atomic mass is 10.1. The van der Waals surface area contributed by atoms with Crippen LogP contribution in [0.1, 0.15) is 32.1 Å². The summed E-state index contributed by atoms with van der Waals surface area (Å²) in [5, 5.41) is 4.69. The Kier molecular flexibility index (Phi) is 4.76. The van der Waals surface area contributed by atoms with E-state index in [0.717, 1.165) is 19.4 Å². The van der Waals surface area contributed by atoms with E-state index in [1.54, 1.807) is 6.08 Å². The Bertz CT molecular complexity index is 294. The van der Waals surface area contributed by atoms with Gasteiger partial charge in [-0.1, -0.05) is 6.08 Å². The smallest absolute Gasteiger partial charge is 0.212 e. The van der Waals surface area contributed by atoms with E-state index in [1.165, 1.54) is 0 Å². The lowest BCUT2D eigenvalue weighted by molar-refractivity contribution is 0.103. The molecule has 1 aliphatic rings. The molecule has 15 heavy (non-hydrogen) atoms. The Balaban J connectivity index is 2.51. The molecule has 4 nitrogen and oxygen atoms in total. The van der Waals surface area contributed by atoms with E-state index in [1.807, 2.05) is 0 Å². The van der Waals surface area contributed by atoms with Crippen molar-refractivity contribution < 1.29 is 13.2 Å². The molecule has 5 heteroatoms. The summed E-state index contributed by atoms with van der Waals surface area (Å²) >= 11 is 0. The predicted octanol–water partition coefficient (Wildman–Crippen LogP) is 1.18. The van der Waals surface area contributed by atoms with Crippen LogP contribution < -0.4 is 5.14 Å². The fourth-order valence-electron chi connectivity index (χ4n) is 1.84. The van der Waals surface area contributed by atoms with Gasteiger partial charge in [0, 0.05) is 6.61 Å². The molecule has 0 aliphatic carbocycles. The standard InChI is InChI=1S/C10H19NO3S/c1-2-3-6-10(15(11,12)13)8-9-5-4-7-14-9/h2,9-10H,1,3-8H2,(H2,11,12,13)/t9-,10+/m0/s1. The molecular formula is C10H19NO3S. The van der Waals surface area contributed by atoms with Gasteiger partial charge in [0.25, 0.3) is 0 Å². The number of ether oxygens (including phenoxy) is 1. The van der Waals surface area contributed by atoms with Gasteiger partial charge in [0.1, 0.15) is 0 Å². The Labute approximate surface area is 91.5 Å². The SMILES string of the molecule is C=CCC[C@H](C[C@@H]1CCCO1)S(N)(=O)=O. The molecule has 0 bridgehead atoms. The molecule has 0 aromatic rings. The highest BCUT2D eigenvalue weighted by Crippen LogP contribution is 2.21. The lowest BCUT2D eigenvalue weighted by Crippen LogP contribution is -2.31. The van der Waals surface area contributed by atoms with Crippen molar-refractivity contribution in [3.8, 4) is 0 Å². The highest BCUT2D eigenvalue weighted by molar-refractivity contribution is 7.89. The zero-order valence-corrected chi connectivity index (χ0v) is 9.71. The van der Waals surface area contributed by atoms with Crippen LogP contribution in [0.25, 0.3) is 0 Å². The van der Waals surface area contributed by atoms with Gasteiger partial charge in [0.2, 0.25) is 10.0 Å². The van der Waals surface area contributed by atoms with Crippen LogP contribution in [0.5, 0.6) is 0 Å². The summed E-state index contributed by atoms with van der Waals surface area (Å²) in [4.78, 5) is 0. The number of rotatable bonds is 6. The highest BCUT2D eigenvalue weighted by Gasteiger charge is 2.27. The molecule has 0 aromatic carbocycles. The quantitative estimate of drug-likeness (QED) is 0.700. The van der Waals surface area contributed by atoms with Crippen molar-refractivity contribution in [1.29, 1.82) is 0 Å². The fraction of sp³-hybridized carbons (Fsp3) is 0.800. The Morgan fingerprint density at radius 1 is 1.60 bits per heavy atom. The zero-order valence-electron chi connectivity index (χ0n) is 8.89. The van der Waals surface area contributed by atoms with Crippen molar-refractivity contribution in [2.75, 3.05) is 6.61 Å². The third-order valence-corrected chi connectivity index (χ3v) is 4.06. The molecule has 1 fully saturated rings. The van der Waals surface area contributed by atoms with E-state index in [4.69, 9.17) is 9.88 Å². The number of primary sulfonamides is 1. The van der Waals surface area contributed by atoms with E-state index in [2.05, 4.69) is 6.58 Å². The van der Waals surface area contributed by atoms with Crippen LogP contribution in [0, 0.1) is 0 Å². The third-order valence-electron chi connectivity index (χ3n) is 2.71. The largest absolute Gasteiger partial charge is 0.378 e. The predicted molar refractivity (Wildman–Crippen MR) is 59.9 cm³/mol. The number of sulfonamides is 1. The van der Waals surface area contributed by atoms with Gasteiger partial charge in [-0.2, -0.15) is 0 Å². The lowest BCUT2D eigenvalue weighted by Gasteiger charge is -2.17. The molecule has 0 saturated carbocycles. The molecule has 1 rings (SSSR count). The number of hydrogen-bond acceptors (Lipinski definition) is 3. The molecule has 88 valence electrons. The molecule has 0 aromatic heterocycles. The second-order valence-corrected chi connectivity index (χ2v) is 5.79. The average Bonchev–Trinajstić information content (AvgIpc) is 2.62. The summed E-state index contributed by atoms with van der Waals surface area (Å²) in [6, 6.07) is 0. The first-order valence-corrected chi connectivity index (χ1v) is 6.89. The van der Waals surface area contributed by atoms with Gasteiger partial charge < -0.3 is 4.74 Å². The maximum atomic E-state index is 11.3. The molecule has 0 amide bonds. The van der Waals surface area contributed by atoms with Crippen LogP contribution in [-0.2, 0) is 14.8 Å². The second kappa shape index (κ2) is 5.63. The van der Waals surface area contributed by atoms with Crippen molar-refractivity contribution in [2.24, 2.45) is 5.14 Å². The monoisotopic (exact) mass is 233 g/mol. The van der Waals surface area contributed by atoms with Crippen molar-refractivity contribution in [2.45, 2.75) is 43.5 Å². The Morgan fingerprint density at radius 3 is 2.80 bits per heavy atom. The molecule has 0 radical (unpaired) electrons. The topological polar surface area (TPSA) is 69.4 Å². The third kappa shape index (κ3) is 4.32. The summed E-state index contributed by atoms with van der Waals surface area (Å²) in [5.41, 5.74) is 0. The first kappa shape index (κ1) is 12.7. The van der Waals surface area contributed by atoms with E-state index in [-0.39, 0.29) is 6.10 Å². The van der Waals surface area contributed by atoms with Gasteiger partial charge in [-0.05, 0) is 32.1 Å². The van der Waals surface area contributed by atoms with Gasteiger partial charge >= 0.3 is 0 Å². The summed E-state index contributed by atoms with van der Waals surface area (Å²) < 4.78 is 28.0. The maximum absolute atomic E-state index is 11.3. The maximum Gasteiger partial charge on any atom is 0.212 e. The van der Waals surface area contributed by atoms with E-state index in [0.29, 0.717) is 19.3 Å². The number of nitrogens with two attached hydrogens (primary N) is 1. The van der Waals surface area contributed by atoms with Gasteiger partial charge in [-0.25, -0.2) is 13.6 Å². The molecule has 0 unspecified atom stereocenters. The van der Waals surface area contributed by atoms with Gasteiger partial charge in [0.15, 0.2) is 0 Å². The number of hydrogen-bond donors (Lipinski definition) is 1. The minimum atomic E-state index is -3.45. The summed E-state index contributed by atoms with van der Waals surface area (Å²) in [7, 11) is -3.45. The van der Waals surface area contributed by atoms with Crippen molar-refractivity contribution in [3.05, 3.63) is 12.7 Å². The van der Waals surface area contributed by atoms with Crippen molar-refractivity contribution in [1.82, 2.24) is 0 Å². The van der Waals surface area contributed by atoms with E-state index >= 15 is 0 Å². The molecule has 1 aliphatic heterocycles. The minimum Gasteiger partial charge on any atom is -0.378 e. The summed E-state index contributed by atoms with van der Waals surface area (Å²) in [6.45, 7) is 4.32. The molecular weight excluding hydrogens is 214 g/mol. The van der Waals surface area contributed by atoms with E-state index < -0.39 is 15.3 Å². The van der Waals surface area contributed by atoms with Gasteiger partial charge in [0.05, 0.1) is 11.4 Å². The van der Waals surface area contributed by atoms with E-state index in [9.17, 15) is 8.42 Å². The average molecular weight is 233 g/mol. The second-order valence-electron chi connectivity index (χ2n) is 3.95. The van der Waals surface area contributed by atoms with Crippen LogP contribution in [-0.4, -0.2) is 26.4 Å².